The zero-order chi connectivity index (χ0) is 22.9. The number of hydrogen-bond acceptors (Lipinski definition) is 2. The second-order valence-corrected chi connectivity index (χ2v) is 8.66. The van der Waals surface area contributed by atoms with Crippen LogP contribution in [0.2, 0.25) is 10.0 Å². The highest BCUT2D eigenvalue weighted by atomic mass is 35.5. The molecule has 2 heterocycles. The predicted octanol–water partition coefficient (Wildman–Crippen LogP) is 2.98. The number of benzene rings is 3. The Kier molecular flexibility index (Phi) is 7.05. The van der Waals surface area contributed by atoms with E-state index in [2.05, 4.69) is 22.9 Å². The van der Waals surface area contributed by atoms with Crippen molar-refractivity contribution in [3.63, 3.8) is 0 Å². The Balaban J connectivity index is 0.00000274. The van der Waals surface area contributed by atoms with Crippen LogP contribution in [0, 0.1) is 0 Å². The van der Waals surface area contributed by atoms with Gasteiger partial charge in [0.25, 0.3) is 5.56 Å². The quantitative estimate of drug-likeness (QED) is 0.392. The minimum Gasteiger partial charge on any atom is -1.00 e. The van der Waals surface area contributed by atoms with Gasteiger partial charge in [-0.1, -0.05) is 77.8 Å². The molecule has 5 aromatic rings. The predicted molar refractivity (Wildman–Crippen MR) is 135 cm³/mol. The molecule has 0 aliphatic heterocycles. The van der Waals surface area contributed by atoms with Crippen LogP contribution in [-0.4, -0.2) is 9.97 Å². The van der Waals surface area contributed by atoms with E-state index in [0.29, 0.717) is 27.5 Å². The summed E-state index contributed by atoms with van der Waals surface area (Å²) >= 11 is 12.5. The maximum atomic E-state index is 12.9. The molecule has 0 aliphatic carbocycles. The van der Waals surface area contributed by atoms with Crippen molar-refractivity contribution in [2.75, 3.05) is 0 Å². The molecule has 2 aromatic heterocycles. The zero-order valence-electron chi connectivity index (χ0n) is 18.0. The summed E-state index contributed by atoms with van der Waals surface area (Å²) in [5.41, 5.74) is 10.7. The van der Waals surface area contributed by atoms with Gasteiger partial charge in [-0.15, -0.1) is 0 Å². The van der Waals surface area contributed by atoms with Gasteiger partial charge in [-0.25, -0.2) is 4.98 Å². The molecule has 5 rings (SSSR count). The molecule has 0 radical (unpaired) electrons. The molecule has 0 aliphatic rings. The number of fused-ring (bicyclic) bond motifs is 1. The molecule has 0 saturated carbocycles. The van der Waals surface area contributed by atoms with Crippen molar-refractivity contribution in [2.45, 2.75) is 6.54 Å². The van der Waals surface area contributed by atoms with Crippen molar-refractivity contribution < 1.29 is 18.1 Å². The van der Waals surface area contributed by atoms with Gasteiger partial charge >= 0.3 is 0 Å². The molecule has 170 valence electrons. The highest BCUT2D eigenvalue weighted by molar-refractivity contribution is 6.35. The molecule has 0 atom stereocenters. The minimum absolute atomic E-state index is 0. The lowest BCUT2D eigenvalue weighted by atomic mass is 9.95. The van der Waals surface area contributed by atoms with Crippen LogP contribution in [0.5, 0.6) is 0 Å². The van der Waals surface area contributed by atoms with Gasteiger partial charge in [0.2, 0.25) is 0 Å². The highest BCUT2D eigenvalue weighted by Gasteiger charge is 2.17. The molecule has 7 heteroatoms. The number of quaternary nitrogens is 1. The van der Waals surface area contributed by atoms with E-state index < -0.39 is 0 Å². The van der Waals surface area contributed by atoms with E-state index in [0.717, 1.165) is 39.1 Å². The lowest BCUT2D eigenvalue weighted by Crippen LogP contribution is -3.00. The molecule has 3 aromatic carbocycles. The Morgan fingerprint density at radius 1 is 0.794 bits per heavy atom. The fraction of sp³-hybridized carbons (Fsp3) is 0.0370. The first-order valence-corrected chi connectivity index (χ1v) is 11.3. The van der Waals surface area contributed by atoms with Crippen LogP contribution in [0.25, 0.3) is 44.4 Å². The number of aromatic amines is 1. The molecule has 0 fully saturated rings. The molecule has 0 amide bonds. The van der Waals surface area contributed by atoms with E-state index in [1.165, 1.54) is 0 Å². The summed E-state index contributed by atoms with van der Waals surface area (Å²) in [4.78, 5) is 20.8. The first kappa shape index (κ1) is 24.0. The van der Waals surface area contributed by atoms with Gasteiger partial charge in [-0.3, -0.25) is 4.79 Å². The third kappa shape index (κ3) is 4.59. The van der Waals surface area contributed by atoms with Crippen LogP contribution in [0.4, 0.5) is 0 Å². The third-order valence-electron chi connectivity index (χ3n) is 5.64. The van der Waals surface area contributed by atoms with Gasteiger partial charge in [0.05, 0.1) is 23.1 Å². The summed E-state index contributed by atoms with van der Waals surface area (Å²) in [7, 11) is 0. The summed E-state index contributed by atoms with van der Waals surface area (Å²) in [6.07, 6.45) is 1.66. The van der Waals surface area contributed by atoms with Gasteiger partial charge in [-0.2, -0.15) is 0 Å². The number of rotatable bonds is 4. The van der Waals surface area contributed by atoms with Crippen LogP contribution < -0.4 is 23.7 Å². The average molecular weight is 509 g/mol. The van der Waals surface area contributed by atoms with Crippen molar-refractivity contribution in [1.82, 2.24) is 9.97 Å². The van der Waals surface area contributed by atoms with Gasteiger partial charge in [-0.05, 0) is 35.4 Å². The number of nitrogens with zero attached hydrogens (tertiary/aromatic N) is 1. The van der Waals surface area contributed by atoms with Crippen molar-refractivity contribution in [2.24, 2.45) is 0 Å². The van der Waals surface area contributed by atoms with E-state index in [9.17, 15) is 4.79 Å². The van der Waals surface area contributed by atoms with Gasteiger partial charge in [0.15, 0.2) is 0 Å². The molecular formula is C27H20Cl3N3O. The molecule has 0 unspecified atom stereocenters. The van der Waals surface area contributed by atoms with Crippen molar-refractivity contribution in [1.29, 1.82) is 0 Å². The van der Waals surface area contributed by atoms with E-state index in [1.807, 2.05) is 60.7 Å². The molecule has 0 spiro atoms. The van der Waals surface area contributed by atoms with Crippen molar-refractivity contribution >= 4 is 34.1 Å². The fourth-order valence-corrected chi connectivity index (χ4v) is 4.52. The molecule has 34 heavy (non-hydrogen) atoms. The first-order chi connectivity index (χ1) is 16.0. The second kappa shape index (κ2) is 10.00. The minimum atomic E-state index is -0.203. The normalized spacial score (nSPS) is 10.8. The Labute approximate surface area is 212 Å². The highest BCUT2D eigenvalue weighted by Crippen LogP contribution is 2.36. The molecule has 0 bridgehead atoms. The number of H-pyrrole nitrogens is 1. The summed E-state index contributed by atoms with van der Waals surface area (Å²) in [5.74, 6) is 0. The number of halogens is 3. The Morgan fingerprint density at radius 2 is 1.47 bits per heavy atom. The third-order valence-corrected chi connectivity index (χ3v) is 6.08. The zero-order valence-corrected chi connectivity index (χ0v) is 20.3. The van der Waals surface area contributed by atoms with Gasteiger partial charge in [0, 0.05) is 38.5 Å². The van der Waals surface area contributed by atoms with E-state index >= 15 is 0 Å². The van der Waals surface area contributed by atoms with Crippen molar-refractivity contribution in [3.05, 3.63) is 111 Å². The molecule has 0 saturated heterocycles. The van der Waals surface area contributed by atoms with Gasteiger partial charge < -0.3 is 23.1 Å². The smallest absolute Gasteiger partial charge is 0.257 e. The lowest BCUT2D eigenvalue weighted by Gasteiger charge is -2.14. The second-order valence-electron chi connectivity index (χ2n) is 7.78. The molecule has 4 N–H and O–H groups in total. The maximum Gasteiger partial charge on any atom is 0.257 e. The summed E-state index contributed by atoms with van der Waals surface area (Å²) < 4.78 is 0. The number of nitrogens with one attached hydrogen (secondary N) is 1. The topological polar surface area (TPSA) is 73.4 Å². The standard InChI is InChI=1S/C27H19Cl2N3O.ClH/c28-20-10-19(11-21(29)12-20)24-15-31-27(33)23-13-22(17-4-2-1-3-5-17)25(32-26(23)24)18-8-6-16(14-30)7-9-18;/h1-13,15H,14,30H2,(H,31,33);1H. The average Bonchev–Trinajstić information content (AvgIpc) is 2.83. The van der Waals surface area contributed by atoms with E-state index in [4.69, 9.17) is 28.2 Å². The molecular weight excluding hydrogens is 489 g/mol. The SMILES string of the molecule is [Cl-].[NH3+]Cc1ccc(-c2nc3c(-c4cc(Cl)cc(Cl)c4)c[nH]c(=O)c3cc2-c2ccccc2)cc1. The largest absolute Gasteiger partial charge is 1.00 e. The Morgan fingerprint density at radius 3 is 2.12 bits per heavy atom. The van der Waals surface area contributed by atoms with E-state index in [-0.39, 0.29) is 18.0 Å². The summed E-state index contributed by atoms with van der Waals surface area (Å²) in [5, 5.41) is 1.53. The first-order valence-electron chi connectivity index (χ1n) is 10.5. The Bertz CT molecular complexity index is 1510. The van der Waals surface area contributed by atoms with Crippen LogP contribution in [0.15, 0.2) is 89.9 Å². The Hall–Kier alpha value is -3.15. The summed E-state index contributed by atoms with van der Waals surface area (Å²) in [6, 6.07) is 25.4. The van der Waals surface area contributed by atoms with Crippen LogP contribution in [0.1, 0.15) is 5.56 Å². The summed E-state index contributed by atoms with van der Waals surface area (Å²) in [6.45, 7) is 0.714. The van der Waals surface area contributed by atoms with Crippen LogP contribution in [0.3, 0.4) is 0 Å². The fourth-order valence-electron chi connectivity index (χ4n) is 3.99. The van der Waals surface area contributed by atoms with Crippen LogP contribution >= 0.6 is 23.2 Å². The number of pyridine rings is 2. The van der Waals surface area contributed by atoms with E-state index in [1.54, 1.807) is 12.3 Å². The molecule has 4 nitrogen and oxygen atoms in total. The maximum absolute atomic E-state index is 12.9. The lowest BCUT2D eigenvalue weighted by molar-refractivity contribution is -0.386. The van der Waals surface area contributed by atoms with Crippen molar-refractivity contribution in [3.8, 4) is 33.5 Å². The monoisotopic (exact) mass is 507 g/mol. The number of hydrogen-bond donors (Lipinski definition) is 2. The number of aromatic nitrogens is 2. The van der Waals surface area contributed by atoms with Gasteiger partial charge in [0.1, 0.15) is 0 Å². The van der Waals surface area contributed by atoms with Crippen LogP contribution in [-0.2, 0) is 6.54 Å².